The van der Waals surface area contributed by atoms with Crippen LogP contribution in [0.4, 0.5) is 0 Å². The molecule has 10 heteroatoms. The van der Waals surface area contributed by atoms with Gasteiger partial charge < -0.3 is 19.2 Å². The first kappa shape index (κ1) is 31.3. The second-order valence-corrected chi connectivity index (χ2v) is 9.89. The Labute approximate surface area is 247 Å². The van der Waals surface area contributed by atoms with Crippen LogP contribution < -0.4 is 4.65 Å². The number of ether oxygens (including phenoxy) is 2. The number of carbonyl (C=O) groups excluding carboxylic acids is 2. The van der Waals surface area contributed by atoms with E-state index in [4.69, 9.17) is 9.76 Å². The van der Waals surface area contributed by atoms with Crippen molar-refractivity contribution in [3.63, 3.8) is 0 Å². The first-order valence-electron chi connectivity index (χ1n) is 10.9. The van der Waals surface area contributed by atoms with E-state index in [0.29, 0.717) is 24.6 Å². The number of esters is 2. The number of carbonyl (C=O) groups is 2. The van der Waals surface area contributed by atoms with E-state index >= 15 is 0 Å². The van der Waals surface area contributed by atoms with Gasteiger partial charge in [0.15, 0.2) is 0 Å². The lowest BCUT2D eigenvalue weighted by Crippen LogP contribution is -2.03. The molecule has 0 aliphatic rings. The molecule has 0 fully saturated rings. The molecule has 0 heterocycles. The minimum absolute atomic E-state index is 0.319. The van der Waals surface area contributed by atoms with E-state index in [2.05, 4.69) is 57.2 Å². The van der Waals surface area contributed by atoms with Crippen molar-refractivity contribution in [3.05, 3.63) is 122 Å². The number of halogens is 3. The van der Waals surface area contributed by atoms with Crippen LogP contribution in [0, 0.1) is 0 Å². The molecule has 0 saturated carbocycles. The summed E-state index contributed by atoms with van der Waals surface area (Å²) >= 11 is 9.92. The zero-order chi connectivity index (χ0) is 27.9. The summed E-state index contributed by atoms with van der Waals surface area (Å²) in [5.74, 6) is -0.0325. The minimum atomic E-state index is -0.322. The van der Waals surface area contributed by atoms with Crippen molar-refractivity contribution in [1.82, 2.24) is 0 Å². The third-order valence-electron chi connectivity index (χ3n) is 4.73. The average Bonchev–Trinajstić information content (AvgIpc) is 2.93. The molecule has 195 valence electrons. The molecule has 0 aromatic heterocycles. The molecule has 0 atom stereocenters. The zero-order valence-corrected chi connectivity index (χ0v) is 25.2. The summed E-state index contributed by atoms with van der Waals surface area (Å²) in [4.78, 5) is 22.6. The molecule has 1 radical (unpaired) electrons. The molecule has 0 bridgehead atoms. The van der Waals surface area contributed by atoms with Crippen LogP contribution in [-0.4, -0.2) is 38.9 Å². The van der Waals surface area contributed by atoms with E-state index in [1.54, 1.807) is 36.4 Å². The van der Waals surface area contributed by atoms with Crippen LogP contribution in [-0.2, 0) is 9.47 Å². The average molecular weight is 706 g/mol. The first-order valence-corrected chi connectivity index (χ1v) is 13.3. The van der Waals surface area contributed by atoms with E-state index in [-0.39, 0.29) is 11.9 Å². The molecular formula is C28H23BBr3O6. The lowest BCUT2D eigenvalue weighted by molar-refractivity contribution is 0.0591. The third kappa shape index (κ3) is 10.1. The highest BCUT2D eigenvalue weighted by Gasteiger charge is 2.12. The minimum Gasteiger partial charge on any atom is -0.537 e. The predicted octanol–water partition coefficient (Wildman–Crippen LogP) is 7.49. The van der Waals surface area contributed by atoms with Crippen molar-refractivity contribution in [3.8, 4) is 16.9 Å². The van der Waals surface area contributed by atoms with Crippen molar-refractivity contribution < 1.29 is 28.7 Å². The normalized spacial score (nSPS) is 9.53. The lowest BCUT2D eigenvalue weighted by atomic mass is 10.00. The highest BCUT2D eigenvalue weighted by Crippen LogP contribution is 2.26. The summed E-state index contributed by atoms with van der Waals surface area (Å²) < 4.78 is 16.7. The van der Waals surface area contributed by atoms with Crippen molar-refractivity contribution >= 4 is 67.4 Å². The first-order chi connectivity index (χ1) is 18.3. The maximum Gasteiger partial charge on any atom is 0.569 e. The van der Waals surface area contributed by atoms with Crippen LogP contribution in [0.25, 0.3) is 11.1 Å². The summed E-state index contributed by atoms with van der Waals surface area (Å²) in [5, 5.41) is 8.25. The SMILES string of the molecule is COC(=O)c1ccccc1-c1cccc(Br)c1.COC(=O)c1ccccc1Br.O[B]Oc1cccc(Br)c1. The van der Waals surface area contributed by atoms with E-state index in [1.165, 1.54) is 14.2 Å². The standard InChI is InChI=1S/C14H11BrO2.C8H7BrO2.C6H5BBrO2/c1-17-14(16)13-8-3-2-7-12(13)10-5-4-6-11(15)9-10;1-11-8(10)6-4-2-3-5-7(6)9;8-5-2-1-3-6(4-5)10-7-9/h2-9H,1H3;2-5H,1H3;1-4,9H. The number of benzene rings is 4. The smallest absolute Gasteiger partial charge is 0.537 e. The van der Waals surface area contributed by atoms with Crippen LogP contribution in [0.15, 0.2) is 110 Å². The van der Waals surface area contributed by atoms with Crippen LogP contribution in [0.1, 0.15) is 20.7 Å². The van der Waals surface area contributed by atoms with Crippen LogP contribution >= 0.6 is 47.8 Å². The highest BCUT2D eigenvalue weighted by molar-refractivity contribution is 9.11. The Balaban J connectivity index is 0.000000211. The second-order valence-electron chi connectivity index (χ2n) is 7.20. The Morgan fingerprint density at radius 2 is 1.24 bits per heavy atom. The maximum absolute atomic E-state index is 11.7. The molecule has 0 aliphatic carbocycles. The largest absolute Gasteiger partial charge is 0.569 e. The van der Waals surface area contributed by atoms with E-state index in [1.807, 2.05) is 60.7 Å². The van der Waals surface area contributed by atoms with Crippen molar-refractivity contribution in [1.29, 1.82) is 0 Å². The fourth-order valence-electron chi connectivity index (χ4n) is 3.02. The zero-order valence-electron chi connectivity index (χ0n) is 20.4. The Bertz CT molecular complexity index is 1350. The lowest BCUT2D eigenvalue weighted by Gasteiger charge is -2.08. The summed E-state index contributed by atoms with van der Waals surface area (Å²) in [7, 11) is 3.41. The Morgan fingerprint density at radius 1 is 0.684 bits per heavy atom. The highest BCUT2D eigenvalue weighted by atomic mass is 79.9. The van der Waals surface area contributed by atoms with Gasteiger partial charge >= 0.3 is 19.6 Å². The van der Waals surface area contributed by atoms with Crippen LogP contribution in [0.3, 0.4) is 0 Å². The van der Waals surface area contributed by atoms with E-state index in [9.17, 15) is 9.59 Å². The van der Waals surface area contributed by atoms with Crippen molar-refractivity contribution in [2.24, 2.45) is 0 Å². The summed E-state index contributed by atoms with van der Waals surface area (Å²) in [5.41, 5.74) is 2.99. The number of methoxy groups -OCH3 is 2. The van der Waals surface area contributed by atoms with Crippen LogP contribution in [0.2, 0.25) is 0 Å². The molecule has 0 unspecified atom stereocenters. The van der Waals surface area contributed by atoms with E-state index in [0.717, 1.165) is 24.5 Å². The van der Waals surface area contributed by atoms with Crippen molar-refractivity contribution in [2.45, 2.75) is 0 Å². The second kappa shape index (κ2) is 16.8. The summed E-state index contributed by atoms with van der Waals surface area (Å²) in [6, 6.07) is 29.6. The maximum atomic E-state index is 11.7. The Hall–Kier alpha value is -2.92. The molecule has 0 amide bonds. The van der Waals surface area contributed by atoms with Gasteiger partial charge in [0, 0.05) is 13.4 Å². The number of hydrogen-bond acceptors (Lipinski definition) is 6. The third-order valence-corrected chi connectivity index (χ3v) is 6.41. The summed E-state index contributed by atoms with van der Waals surface area (Å²) in [6.45, 7) is 0. The molecule has 1 N–H and O–H groups in total. The fraction of sp³-hybridized carbons (Fsp3) is 0.0714. The van der Waals surface area contributed by atoms with Gasteiger partial charge in [-0.05, 0) is 75.6 Å². The number of hydrogen-bond donors (Lipinski definition) is 1. The Morgan fingerprint density at radius 3 is 1.82 bits per heavy atom. The molecule has 6 nitrogen and oxygen atoms in total. The van der Waals surface area contributed by atoms with Gasteiger partial charge in [-0.1, -0.05) is 80.4 Å². The quantitative estimate of drug-likeness (QED) is 0.171. The monoisotopic (exact) mass is 703 g/mol. The molecular weight excluding hydrogens is 683 g/mol. The molecule has 38 heavy (non-hydrogen) atoms. The molecule has 0 aliphatic heterocycles. The summed E-state index contributed by atoms with van der Waals surface area (Å²) in [6.07, 6.45) is 0. The van der Waals surface area contributed by atoms with Gasteiger partial charge in [-0.2, -0.15) is 0 Å². The Kier molecular flexibility index (Phi) is 13.9. The molecule has 4 rings (SSSR count). The molecule has 4 aromatic rings. The van der Waals surface area contributed by atoms with E-state index < -0.39 is 0 Å². The topological polar surface area (TPSA) is 82.1 Å². The fourth-order valence-corrected chi connectivity index (χ4v) is 4.24. The van der Waals surface area contributed by atoms with Gasteiger partial charge in [-0.25, -0.2) is 9.59 Å². The van der Waals surface area contributed by atoms with Gasteiger partial charge in [0.25, 0.3) is 0 Å². The van der Waals surface area contributed by atoms with Gasteiger partial charge in [-0.3, -0.25) is 0 Å². The van der Waals surface area contributed by atoms with Crippen LogP contribution in [0.5, 0.6) is 5.75 Å². The molecule has 4 aromatic carbocycles. The predicted molar refractivity (Wildman–Crippen MR) is 159 cm³/mol. The van der Waals surface area contributed by atoms with Gasteiger partial charge in [0.05, 0.1) is 25.3 Å². The van der Waals surface area contributed by atoms with Gasteiger partial charge in [0.1, 0.15) is 5.75 Å². The molecule has 0 spiro atoms. The van der Waals surface area contributed by atoms with Gasteiger partial charge in [-0.15, -0.1) is 0 Å². The molecule has 0 saturated heterocycles. The van der Waals surface area contributed by atoms with Crippen molar-refractivity contribution in [2.75, 3.05) is 14.2 Å². The number of rotatable bonds is 5. The van der Waals surface area contributed by atoms with Gasteiger partial charge in [0.2, 0.25) is 0 Å².